The Kier molecular flexibility index (Phi) is 10.1. The molecule has 300 valence electrons. The van der Waals surface area contributed by atoms with Crippen LogP contribution in [0.2, 0.25) is 0 Å². The molecule has 1 aromatic heterocycles. The van der Waals surface area contributed by atoms with Crippen LogP contribution in [-0.2, 0) is 6.42 Å². The van der Waals surface area contributed by atoms with Crippen LogP contribution in [-0.4, -0.2) is 4.57 Å². The maximum atomic E-state index is 2.46. The van der Waals surface area contributed by atoms with Gasteiger partial charge < -0.3 is 4.57 Å². The average molecular weight is 806 g/mol. The van der Waals surface area contributed by atoms with Gasteiger partial charge in [0.2, 0.25) is 0 Å². The quantitative estimate of drug-likeness (QED) is 0.130. The molecule has 0 saturated heterocycles. The standard InChI is InChI=1S/C62H47N/c1-43(58(47-20-6-3-7-21-47)40-44-34-36-48(37-35-44)54-30-17-23-46-22-8-9-26-53(46)54)52-39-38-51(42-59(52)50-25-16-24-49(41-50)45-18-4-2-5-19-45)55-27-10-13-31-60(55)63-61-32-14-11-28-56(61)57-29-12-15-33-62(57)63/h2-39,41-43,58H,40H2,1H3. The van der Waals surface area contributed by atoms with Crippen molar-refractivity contribution in [1.29, 1.82) is 0 Å². The molecule has 0 bridgehead atoms. The molecule has 0 saturated carbocycles. The summed E-state index contributed by atoms with van der Waals surface area (Å²) in [7, 11) is 0. The van der Waals surface area contributed by atoms with Gasteiger partial charge in [0, 0.05) is 16.3 Å². The van der Waals surface area contributed by atoms with Crippen molar-refractivity contribution in [3.63, 3.8) is 0 Å². The summed E-state index contributed by atoms with van der Waals surface area (Å²) in [6.07, 6.45) is 0.919. The van der Waals surface area contributed by atoms with E-state index in [0.717, 1.165) is 6.42 Å². The molecule has 11 rings (SSSR count). The summed E-state index contributed by atoms with van der Waals surface area (Å²) in [5.74, 6) is 0.434. The summed E-state index contributed by atoms with van der Waals surface area (Å²) in [5, 5.41) is 5.08. The Balaban J connectivity index is 1.04. The number of benzene rings is 10. The summed E-state index contributed by atoms with van der Waals surface area (Å²) in [6.45, 7) is 2.44. The SMILES string of the molecule is CC(c1ccc(-c2ccccc2-n2c3ccccc3c3ccccc32)cc1-c1cccc(-c2ccccc2)c1)C(Cc1ccc(-c2cccc3ccccc23)cc1)c1ccccc1. The van der Waals surface area contributed by atoms with Gasteiger partial charge in [-0.25, -0.2) is 0 Å². The lowest BCUT2D eigenvalue weighted by Gasteiger charge is -2.28. The monoisotopic (exact) mass is 805 g/mol. The third kappa shape index (κ3) is 7.22. The number of hydrogen-bond acceptors (Lipinski definition) is 0. The van der Waals surface area contributed by atoms with Crippen LogP contribution in [0.5, 0.6) is 0 Å². The highest BCUT2D eigenvalue weighted by atomic mass is 15.0. The molecule has 2 atom stereocenters. The van der Waals surface area contributed by atoms with E-state index in [9.17, 15) is 0 Å². The fourth-order valence-corrected chi connectivity index (χ4v) is 10.0. The first-order valence-electron chi connectivity index (χ1n) is 22.2. The molecule has 0 fully saturated rings. The second kappa shape index (κ2) is 16.6. The van der Waals surface area contributed by atoms with Crippen molar-refractivity contribution < 1.29 is 0 Å². The Hall–Kier alpha value is -7.74. The third-order valence-corrected chi connectivity index (χ3v) is 13.2. The van der Waals surface area contributed by atoms with Gasteiger partial charge in [0.15, 0.2) is 0 Å². The smallest absolute Gasteiger partial charge is 0.0541 e. The Morgan fingerprint density at radius 2 is 0.905 bits per heavy atom. The van der Waals surface area contributed by atoms with Crippen LogP contribution < -0.4 is 0 Å². The molecule has 10 aromatic carbocycles. The number of para-hydroxylation sites is 3. The van der Waals surface area contributed by atoms with E-state index in [1.807, 2.05) is 0 Å². The Morgan fingerprint density at radius 3 is 1.67 bits per heavy atom. The summed E-state index contributed by atoms with van der Waals surface area (Å²) in [5.41, 5.74) is 17.5. The fourth-order valence-electron chi connectivity index (χ4n) is 10.0. The summed E-state index contributed by atoms with van der Waals surface area (Å²) in [6, 6.07) is 89.4. The molecule has 1 nitrogen and oxygen atoms in total. The highest BCUT2D eigenvalue weighted by Crippen LogP contribution is 2.44. The van der Waals surface area contributed by atoms with Crippen LogP contribution in [0.15, 0.2) is 243 Å². The zero-order valence-corrected chi connectivity index (χ0v) is 35.4. The molecule has 0 aliphatic heterocycles. The third-order valence-electron chi connectivity index (χ3n) is 13.2. The van der Waals surface area contributed by atoms with Crippen LogP contribution >= 0.6 is 0 Å². The van der Waals surface area contributed by atoms with E-state index in [-0.39, 0.29) is 11.8 Å². The van der Waals surface area contributed by atoms with Gasteiger partial charge in [-0.15, -0.1) is 0 Å². The number of hydrogen-bond donors (Lipinski definition) is 0. The van der Waals surface area contributed by atoms with Crippen molar-refractivity contribution in [2.24, 2.45) is 0 Å². The normalized spacial score (nSPS) is 12.5. The summed E-state index contributed by atoms with van der Waals surface area (Å²) < 4.78 is 2.45. The van der Waals surface area contributed by atoms with E-state index in [0.29, 0.717) is 0 Å². The van der Waals surface area contributed by atoms with Crippen molar-refractivity contribution in [2.75, 3.05) is 0 Å². The molecule has 0 N–H and O–H groups in total. The number of fused-ring (bicyclic) bond motifs is 4. The average Bonchev–Trinajstić information content (AvgIpc) is 3.70. The second-order valence-corrected chi connectivity index (χ2v) is 16.9. The van der Waals surface area contributed by atoms with Crippen molar-refractivity contribution in [2.45, 2.75) is 25.2 Å². The Morgan fingerprint density at radius 1 is 0.365 bits per heavy atom. The lowest BCUT2D eigenvalue weighted by atomic mass is 9.76. The van der Waals surface area contributed by atoms with Crippen LogP contribution in [0.1, 0.15) is 35.4 Å². The van der Waals surface area contributed by atoms with E-state index < -0.39 is 0 Å². The molecule has 0 amide bonds. The van der Waals surface area contributed by atoms with Gasteiger partial charge in [0.25, 0.3) is 0 Å². The van der Waals surface area contributed by atoms with Gasteiger partial charge in [0.1, 0.15) is 0 Å². The van der Waals surface area contributed by atoms with Crippen molar-refractivity contribution in [1.82, 2.24) is 4.57 Å². The molecule has 0 radical (unpaired) electrons. The highest BCUT2D eigenvalue weighted by Gasteiger charge is 2.25. The fraction of sp³-hybridized carbons (Fsp3) is 0.0645. The topological polar surface area (TPSA) is 4.93 Å². The first-order chi connectivity index (χ1) is 31.2. The van der Waals surface area contributed by atoms with Gasteiger partial charge in [-0.1, -0.05) is 219 Å². The Bertz CT molecular complexity index is 3320. The molecule has 1 heteroatoms. The zero-order valence-electron chi connectivity index (χ0n) is 35.4. The molecule has 11 aromatic rings. The molecule has 2 unspecified atom stereocenters. The lowest BCUT2D eigenvalue weighted by Crippen LogP contribution is -2.13. The molecular formula is C62H47N. The summed E-state index contributed by atoms with van der Waals surface area (Å²) in [4.78, 5) is 0. The van der Waals surface area contributed by atoms with Crippen LogP contribution in [0.3, 0.4) is 0 Å². The van der Waals surface area contributed by atoms with E-state index in [1.165, 1.54) is 99.5 Å². The van der Waals surface area contributed by atoms with Gasteiger partial charge in [-0.2, -0.15) is 0 Å². The first-order valence-corrected chi connectivity index (χ1v) is 22.2. The van der Waals surface area contributed by atoms with Gasteiger partial charge in [-0.05, 0) is 115 Å². The van der Waals surface area contributed by atoms with E-state index in [4.69, 9.17) is 0 Å². The van der Waals surface area contributed by atoms with E-state index in [1.54, 1.807) is 0 Å². The summed E-state index contributed by atoms with van der Waals surface area (Å²) >= 11 is 0. The van der Waals surface area contributed by atoms with Gasteiger partial charge >= 0.3 is 0 Å². The molecule has 0 spiro atoms. The highest BCUT2D eigenvalue weighted by molar-refractivity contribution is 6.09. The predicted molar refractivity (Wildman–Crippen MR) is 268 cm³/mol. The minimum Gasteiger partial charge on any atom is -0.309 e. The van der Waals surface area contributed by atoms with Crippen molar-refractivity contribution in [3.05, 3.63) is 259 Å². The maximum Gasteiger partial charge on any atom is 0.0541 e. The number of rotatable bonds is 10. The van der Waals surface area contributed by atoms with E-state index >= 15 is 0 Å². The second-order valence-electron chi connectivity index (χ2n) is 16.9. The minimum absolute atomic E-state index is 0.196. The van der Waals surface area contributed by atoms with Crippen molar-refractivity contribution in [3.8, 4) is 50.2 Å². The Labute approximate surface area is 370 Å². The largest absolute Gasteiger partial charge is 0.309 e. The van der Waals surface area contributed by atoms with Crippen LogP contribution in [0.25, 0.3) is 82.8 Å². The molecule has 1 heterocycles. The predicted octanol–water partition coefficient (Wildman–Crippen LogP) is 16.7. The molecule has 0 aliphatic carbocycles. The maximum absolute atomic E-state index is 2.46. The lowest BCUT2D eigenvalue weighted by molar-refractivity contribution is 0.573. The zero-order chi connectivity index (χ0) is 42.1. The van der Waals surface area contributed by atoms with E-state index in [2.05, 4.69) is 254 Å². The number of nitrogens with zero attached hydrogens (tertiary/aromatic N) is 1. The van der Waals surface area contributed by atoms with Crippen molar-refractivity contribution >= 4 is 32.6 Å². The minimum atomic E-state index is 0.196. The first kappa shape index (κ1) is 38.2. The number of aromatic nitrogens is 1. The molecular weight excluding hydrogens is 759 g/mol. The van der Waals surface area contributed by atoms with Gasteiger partial charge in [0.05, 0.1) is 16.7 Å². The van der Waals surface area contributed by atoms with Crippen LogP contribution in [0.4, 0.5) is 0 Å². The molecule has 63 heavy (non-hydrogen) atoms. The molecule has 0 aliphatic rings. The van der Waals surface area contributed by atoms with Crippen LogP contribution in [0, 0.1) is 0 Å². The van der Waals surface area contributed by atoms with Gasteiger partial charge in [-0.3, -0.25) is 0 Å².